The molecule has 0 unspecified atom stereocenters. The summed E-state index contributed by atoms with van der Waals surface area (Å²) in [6.07, 6.45) is 5.58. The molecule has 18 heavy (non-hydrogen) atoms. The van der Waals surface area contributed by atoms with E-state index >= 15 is 0 Å². The summed E-state index contributed by atoms with van der Waals surface area (Å²) in [7, 11) is 0. The van der Waals surface area contributed by atoms with E-state index in [4.69, 9.17) is 0 Å². The Hall–Kier alpha value is -2.42. The minimum Gasteiger partial charge on any atom is -0.261 e. The van der Waals surface area contributed by atoms with Crippen molar-refractivity contribution < 1.29 is 0 Å². The molecule has 0 saturated heterocycles. The Morgan fingerprint density at radius 2 is 1.89 bits per heavy atom. The highest BCUT2D eigenvalue weighted by Gasteiger charge is 1.88. The number of rotatable bonds is 4. The lowest BCUT2D eigenvalue weighted by Gasteiger charge is -1.97. The van der Waals surface area contributed by atoms with Gasteiger partial charge < -0.3 is 0 Å². The van der Waals surface area contributed by atoms with Gasteiger partial charge in [0.1, 0.15) is 5.82 Å². The molecule has 0 aliphatic rings. The molecule has 1 N–H and O–H groups in total. The van der Waals surface area contributed by atoms with Gasteiger partial charge in [0, 0.05) is 6.20 Å². The first-order valence-electron chi connectivity index (χ1n) is 5.78. The molecule has 3 nitrogen and oxygen atoms in total. The van der Waals surface area contributed by atoms with Gasteiger partial charge in [-0.15, -0.1) is 0 Å². The van der Waals surface area contributed by atoms with Crippen LogP contribution >= 0.6 is 0 Å². The maximum atomic E-state index is 4.13. The minimum absolute atomic E-state index is 0.737. The molecule has 3 heteroatoms. The van der Waals surface area contributed by atoms with Gasteiger partial charge in [-0.1, -0.05) is 42.5 Å². The van der Waals surface area contributed by atoms with Crippen LogP contribution in [0.1, 0.15) is 12.5 Å². The molecule has 0 spiro atoms. The average molecular weight is 237 g/mol. The van der Waals surface area contributed by atoms with Crippen LogP contribution < -0.4 is 5.43 Å². The Labute approximate surface area is 107 Å². The van der Waals surface area contributed by atoms with Crippen LogP contribution in [0.15, 0.2) is 65.4 Å². The first kappa shape index (κ1) is 12.0. The van der Waals surface area contributed by atoms with Gasteiger partial charge >= 0.3 is 0 Å². The number of hydrazone groups is 1. The predicted octanol–water partition coefficient (Wildman–Crippen LogP) is 3.58. The summed E-state index contributed by atoms with van der Waals surface area (Å²) in [5.41, 5.74) is 5.12. The SMILES string of the molecule is C/C(C=NNc1ccccn1)=C\c1ccccc1. The van der Waals surface area contributed by atoms with Crippen molar-refractivity contribution in [2.45, 2.75) is 6.92 Å². The third-order valence-corrected chi connectivity index (χ3v) is 2.31. The van der Waals surface area contributed by atoms with Crippen molar-refractivity contribution in [3.05, 3.63) is 65.9 Å². The summed E-state index contributed by atoms with van der Waals surface area (Å²) in [5.74, 6) is 0.737. The fraction of sp³-hybridized carbons (Fsp3) is 0.0667. The van der Waals surface area contributed by atoms with Crippen LogP contribution in [0.2, 0.25) is 0 Å². The van der Waals surface area contributed by atoms with Crippen LogP contribution in [-0.4, -0.2) is 11.2 Å². The van der Waals surface area contributed by atoms with Gasteiger partial charge in [-0.2, -0.15) is 5.10 Å². The maximum absolute atomic E-state index is 4.13. The molecule has 1 aromatic heterocycles. The van der Waals surface area contributed by atoms with Crippen LogP contribution in [0.3, 0.4) is 0 Å². The van der Waals surface area contributed by atoms with E-state index in [1.807, 2.05) is 43.3 Å². The van der Waals surface area contributed by atoms with Crippen LogP contribution in [-0.2, 0) is 0 Å². The first-order chi connectivity index (χ1) is 8.84. The van der Waals surface area contributed by atoms with Crippen LogP contribution in [0, 0.1) is 0 Å². The van der Waals surface area contributed by atoms with Gasteiger partial charge in [0.25, 0.3) is 0 Å². The highest BCUT2D eigenvalue weighted by Crippen LogP contribution is 2.05. The van der Waals surface area contributed by atoms with Crippen molar-refractivity contribution >= 4 is 18.1 Å². The van der Waals surface area contributed by atoms with Crippen LogP contribution in [0.5, 0.6) is 0 Å². The molecule has 0 bridgehead atoms. The quantitative estimate of drug-likeness (QED) is 0.652. The topological polar surface area (TPSA) is 37.3 Å². The Bertz CT molecular complexity index is 530. The standard InChI is InChI=1S/C15H15N3/c1-13(11-14-7-3-2-4-8-14)12-17-18-15-9-5-6-10-16-15/h2-12H,1H3,(H,16,18)/b13-11+,17-12?. The summed E-state index contributed by atoms with van der Waals surface area (Å²) in [6, 6.07) is 15.8. The van der Waals surface area contributed by atoms with Gasteiger partial charge in [-0.3, -0.25) is 5.43 Å². The van der Waals surface area contributed by atoms with Crippen LogP contribution in [0.25, 0.3) is 6.08 Å². The zero-order chi connectivity index (χ0) is 12.6. The van der Waals surface area contributed by atoms with Gasteiger partial charge in [0.2, 0.25) is 0 Å². The molecule has 0 aliphatic carbocycles. The summed E-state index contributed by atoms with van der Waals surface area (Å²) < 4.78 is 0. The van der Waals surface area contributed by atoms with E-state index in [0.717, 1.165) is 11.4 Å². The molecular weight excluding hydrogens is 222 g/mol. The third kappa shape index (κ3) is 3.87. The molecule has 0 aliphatic heterocycles. The highest BCUT2D eigenvalue weighted by atomic mass is 15.3. The fourth-order valence-electron chi connectivity index (χ4n) is 1.48. The lowest BCUT2D eigenvalue weighted by atomic mass is 10.1. The molecular formula is C15H15N3. The minimum atomic E-state index is 0.737. The summed E-state index contributed by atoms with van der Waals surface area (Å²) in [4.78, 5) is 4.12. The van der Waals surface area contributed by atoms with Crippen molar-refractivity contribution in [3.8, 4) is 0 Å². The molecule has 0 atom stereocenters. The third-order valence-electron chi connectivity index (χ3n) is 2.31. The molecule has 1 heterocycles. The Kier molecular flexibility index (Phi) is 4.25. The number of nitrogens with zero attached hydrogens (tertiary/aromatic N) is 2. The van der Waals surface area contributed by atoms with Gasteiger partial charge in [0.05, 0.1) is 6.21 Å². The van der Waals surface area contributed by atoms with E-state index in [1.54, 1.807) is 12.4 Å². The monoisotopic (exact) mass is 237 g/mol. The molecule has 0 saturated carbocycles. The van der Waals surface area contributed by atoms with E-state index in [1.165, 1.54) is 5.56 Å². The molecule has 0 amide bonds. The lowest BCUT2D eigenvalue weighted by Crippen LogP contribution is -1.92. The fourth-order valence-corrected chi connectivity index (χ4v) is 1.48. The number of hydrogen-bond donors (Lipinski definition) is 1. The van der Waals surface area contributed by atoms with E-state index in [-0.39, 0.29) is 0 Å². The second-order valence-corrected chi connectivity index (χ2v) is 3.88. The normalized spacial score (nSPS) is 11.7. The number of hydrogen-bond acceptors (Lipinski definition) is 3. The first-order valence-corrected chi connectivity index (χ1v) is 5.78. The molecule has 1 aromatic carbocycles. The zero-order valence-electron chi connectivity index (χ0n) is 10.2. The summed E-state index contributed by atoms with van der Waals surface area (Å²) in [6.45, 7) is 2.01. The van der Waals surface area contributed by atoms with Gasteiger partial charge in [-0.05, 0) is 30.2 Å². The van der Waals surface area contributed by atoms with Crippen molar-refractivity contribution in [3.63, 3.8) is 0 Å². The molecule has 2 aromatic rings. The number of allylic oxidation sites excluding steroid dienone is 1. The molecule has 2 rings (SSSR count). The number of nitrogens with one attached hydrogen (secondary N) is 1. The molecule has 0 fully saturated rings. The molecule has 0 radical (unpaired) electrons. The number of aromatic nitrogens is 1. The average Bonchev–Trinajstić information content (AvgIpc) is 2.41. The summed E-state index contributed by atoms with van der Waals surface area (Å²) >= 11 is 0. The smallest absolute Gasteiger partial charge is 0.146 e. The Morgan fingerprint density at radius 3 is 2.61 bits per heavy atom. The van der Waals surface area contributed by atoms with E-state index < -0.39 is 0 Å². The van der Waals surface area contributed by atoms with Gasteiger partial charge in [0.15, 0.2) is 0 Å². The van der Waals surface area contributed by atoms with Crippen molar-refractivity contribution in [1.29, 1.82) is 0 Å². The Balaban J connectivity index is 1.95. The number of benzene rings is 1. The highest BCUT2D eigenvalue weighted by molar-refractivity contribution is 5.85. The summed E-state index contributed by atoms with van der Waals surface area (Å²) in [5, 5.41) is 4.13. The zero-order valence-corrected chi connectivity index (χ0v) is 10.2. The van der Waals surface area contributed by atoms with Crippen molar-refractivity contribution in [2.24, 2.45) is 5.10 Å². The van der Waals surface area contributed by atoms with Gasteiger partial charge in [-0.25, -0.2) is 4.98 Å². The second-order valence-electron chi connectivity index (χ2n) is 3.88. The van der Waals surface area contributed by atoms with E-state index in [9.17, 15) is 0 Å². The number of pyridine rings is 1. The second kappa shape index (κ2) is 6.35. The van der Waals surface area contributed by atoms with E-state index in [2.05, 4.69) is 33.7 Å². The van der Waals surface area contributed by atoms with Crippen LogP contribution in [0.4, 0.5) is 5.82 Å². The molecule has 90 valence electrons. The predicted molar refractivity (Wildman–Crippen MR) is 76.4 cm³/mol. The van der Waals surface area contributed by atoms with E-state index in [0.29, 0.717) is 0 Å². The maximum Gasteiger partial charge on any atom is 0.146 e. The number of anilines is 1. The lowest BCUT2D eigenvalue weighted by molar-refractivity contribution is 1.23. The van der Waals surface area contributed by atoms with Crippen molar-refractivity contribution in [1.82, 2.24) is 4.98 Å². The largest absolute Gasteiger partial charge is 0.261 e. The Morgan fingerprint density at radius 1 is 1.11 bits per heavy atom. The van der Waals surface area contributed by atoms with Crippen molar-refractivity contribution in [2.75, 3.05) is 5.43 Å².